The zero-order valence-electron chi connectivity index (χ0n) is 16.2. The molecule has 0 fully saturated rings. The minimum atomic E-state index is -1.01. The van der Waals surface area contributed by atoms with Crippen LogP contribution in [0.15, 0.2) is 60.7 Å². The van der Waals surface area contributed by atoms with Gasteiger partial charge in [0.1, 0.15) is 18.2 Å². The molecule has 5 heteroatoms. The summed E-state index contributed by atoms with van der Waals surface area (Å²) in [6.07, 6.45) is 3.65. The fourth-order valence-electron chi connectivity index (χ4n) is 2.89. The van der Waals surface area contributed by atoms with Gasteiger partial charge in [0.15, 0.2) is 11.6 Å². The summed E-state index contributed by atoms with van der Waals surface area (Å²) >= 11 is 0. The molecule has 2 nitrogen and oxygen atoms in total. The standard InChI is InChI=1S/C24H21F3O2/c1-3-5-16-6-7-18(21(25)14-16)15-29-19-10-8-17(9-11-19)20-12-13-22(28-4-2)24(27)23(20)26/h3,5-14H,4,15H2,1-2H3/b5-3+. The minimum absolute atomic E-state index is 0.0628. The molecule has 0 spiro atoms. The van der Waals surface area contributed by atoms with E-state index in [1.54, 1.807) is 37.3 Å². The molecule has 0 bridgehead atoms. The maximum atomic E-state index is 14.3. The molecule has 0 heterocycles. The van der Waals surface area contributed by atoms with E-state index in [0.29, 0.717) is 16.9 Å². The van der Waals surface area contributed by atoms with Crippen molar-refractivity contribution in [3.8, 4) is 22.6 Å². The van der Waals surface area contributed by atoms with Crippen molar-refractivity contribution in [1.82, 2.24) is 0 Å². The molecule has 29 heavy (non-hydrogen) atoms. The maximum absolute atomic E-state index is 14.3. The van der Waals surface area contributed by atoms with Crippen molar-refractivity contribution < 1.29 is 22.6 Å². The summed E-state index contributed by atoms with van der Waals surface area (Å²) in [4.78, 5) is 0. The van der Waals surface area contributed by atoms with Crippen LogP contribution in [0.3, 0.4) is 0 Å². The first-order valence-corrected chi connectivity index (χ1v) is 9.28. The van der Waals surface area contributed by atoms with Crippen molar-refractivity contribution in [1.29, 1.82) is 0 Å². The Bertz CT molecular complexity index is 1010. The molecule has 0 aromatic heterocycles. The molecule has 3 aromatic carbocycles. The lowest BCUT2D eigenvalue weighted by Crippen LogP contribution is -1.99. The van der Waals surface area contributed by atoms with E-state index in [2.05, 4.69) is 0 Å². The maximum Gasteiger partial charge on any atom is 0.201 e. The van der Waals surface area contributed by atoms with Gasteiger partial charge in [0.05, 0.1) is 6.61 Å². The average Bonchev–Trinajstić information content (AvgIpc) is 2.72. The normalized spacial score (nSPS) is 11.1. The number of benzene rings is 3. The Hall–Kier alpha value is -3.21. The highest BCUT2D eigenvalue weighted by molar-refractivity contribution is 5.66. The van der Waals surface area contributed by atoms with Crippen molar-refractivity contribution in [2.75, 3.05) is 6.61 Å². The number of rotatable bonds is 7. The van der Waals surface area contributed by atoms with Gasteiger partial charge in [0, 0.05) is 11.1 Å². The van der Waals surface area contributed by atoms with Gasteiger partial charge in [-0.25, -0.2) is 8.78 Å². The first kappa shape index (κ1) is 20.5. The van der Waals surface area contributed by atoms with Gasteiger partial charge in [-0.2, -0.15) is 4.39 Å². The zero-order chi connectivity index (χ0) is 20.8. The van der Waals surface area contributed by atoms with Crippen LogP contribution in [-0.2, 0) is 6.61 Å². The molecule has 0 N–H and O–H groups in total. The molecule has 3 aromatic rings. The van der Waals surface area contributed by atoms with Crippen molar-refractivity contribution >= 4 is 6.08 Å². The monoisotopic (exact) mass is 398 g/mol. The van der Waals surface area contributed by atoms with Crippen LogP contribution in [0.25, 0.3) is 17.2 Å². The fraction of sp³-hybridized carbons (Fsp3) is 0.167. The highest BCUT2D eigenvalue weighted by atomic mass is 19.2. The Morgan fingerprint density at radius 1 is 0.862 bits per heavy atom. The summed E-state index contributed by atoms with van der Waals surface area (Å²) < 4.78 is 53.2. The van der Waals surface area contributed by atoms with Crippen LogP contribution in [0, 0.1) is 17.5 Å². The fourth-order valence-corrected chi connectivity index (χ4v) is 2.89. The molecule has 0 saturated heterocycles. The number of hydrogen-bond donors (Lipinski definition) is 0. The van der Waals surface area contributed by atoms with Crippen molar-refractivity contribution in [2.24, 2.45) is 0 Å². The lowest BCUT2D eigenvalue weighted by Gasteiger charge is -2.11. The van der Waals surface area contributed by atoms with E-state index in [1.807, 2.05) is 25.1 Å². The molecule has 0 radical (unpaired) electrons. The van der Waals surface area contributed by atoms with Gasteiger partial charge >= 0.3 is 0 Å². The molecular weight excluding hydrogens is 377 g/mol. The summed E-state index contributed by atoms with van der Waals surface area (Å²) in [6, 6.07) is 14.3. The molecule has 0 saturated carbocycles. The number of ether oxygens (including phenoxy) is 2. The molecular formula is C24H21F3O2. The van der Waals surface area contributed by atoms with Crippen LogP contribution >= 0.6 is 0 Å². The molecule has 0 aliphatic heterocycles. The topological polar surface area (TPSA) is 18.5 Å². The van der Waals surface area contributed by atoms with E-state index >= 15 is 0 Å². The van der Waals surface area contributed by atoms with Crippen LogP contribution in [0.1, 0.15) is 25.0 Å². The summed E-state index contributed by atoms with van der Waals surface area (Å²) in [6.45, 7) is 3.88. The van der Waals surface area contributed by atoms with Crippen LogP contribution in [0.5, 0.6) is 11.5 Å². The van der Waals surface area contributed by atoms with E-state index in [9.17, 15) is 13.2 Å². The Balaban J connectivity index is 1.72. The Morgan fingerprint density at radius 3 is 2.28 bits per heavy atom. The van der Waals surface area contributed by atoms with E-state index in [4.69, 9.17) is 9.47 Å². The smallest absolute Gasteiger partial charge is 0.201 e. The predicted octanol–water partition coefficient (Wildman–Crippen LogP) is 6.78. The summed E-state index contributed by atoms with van der Waals surface area (Å²) in [5.74, 6) is -1.94. The van der Waals surface area contributed by atoms with Gasteiger partial charge in [-0.3, -0.25) is 0 Å². The van der Waals surface area contributed by atoms with Gasteiger partial charge in [0.25, 0.3) is 0 Å². The Morgan fingerprint density at radius 2 is 1.62 bits per heavy atom. The largest absolute Gasteiger partial charge is 0.491 e. The second-order valence-electron chi connectivity index (χ2n) is 6.34. The third-order valence-electron chi connectivity index (χ3n) is 4.34. The summed E-state index contributed by atoms with van der Waals surface area (Å²) in [7, 11) is 0. The highest BCUT2D eigenvalue weighted by Gasteiger charge is 2.15. The number of hydrogen-bond acceptors (Lipinski definition) is 2. The Labute approximate surface area is 168 Å². The first-order valence-electron chi connectivity index (χ1n) is 9.28. The summed E-state index contributed by atoms with van der Waals surface area (Å²) in [5.41, 5.74) is 1.84. The quantitative estimate of drug-likeness (QED) is 0.437. The molecule has 0 unspecified atom stereocenters. The molecule has 0 atom stereocenters. The molecule has 0 aliphatic carbocycles. The second kappa shape index (κ2) is 9.32. The second-order valence-corrected chi connectivity index (χ2v) is 6.34. The Kier molecular flexibility index (Phi) is 6.60. The molecule has 150 valence electrons. The lowest BCUT2D eigenvalue weighted by molar-refractivity contribution is 0.300. The zero-order valence-corrected chi connectivity index (χ0v) is 16.2. The highest BCUT2D eigenvalue weighted by Crippen LogP contribution is 2.31. The van der Waals surface area contributed by atoms with Crippen LogP contribution in [-0.4, -0.2) is 6.61 Å². The number of allylic oxidation sites excluding steroid dienone is 1. The van der Waals surface area contributed by atoms with Crippen LogP contribution < -0.4 is 9.47 Å². The first-order chi connectivity index (χ1) is 14.0. The van der Waals surface area contributed by atoms with Crippen molar-refractivity contribution in [2.45, 2.75) is 20.5 Å². The van der Waals surface area contributed by atoms with Gasteiger partial charge in [-0.1, -0.05) is 36.4 Å². The average molecular weight is 398 g/mol. The SMILES string of the molecule is C/C=C/c1ccc(COc2ccc(-c3ccc(OCC)c(F)c3F)cc2)c(F)c1. The minimum Gasteiger partial charge on any atom is -0.491 e. The third kappa shape index (κ3) is 4.80. The molecule has 0 aliphatic rings. The van der Waals surface area contributed by atoms with E-state index in [0.717, 1.165) is 5.56 Å². The van der Waals surface area contributed by atoms with Gasteiger partial charge in [-0.05, 0) is 55.3 Å². The van der Waals surface area contributed by atoms with Crippen molar-refractivity contribution in [3.63, 3.8) is 0 Å². The van der Waals surface area contributed by atoms with E-state index in [1.165, 1.54) is 18.2 Å². The predicted molar refractivity (Wildman–Crippen MR) is 108 cm³/mol. The summed E-state index contributed by atoms with van der Waals surface area (Å²) in [5, 5.41) is 0. The van der Waals surface area contributed by atoms with Crippen LogP contribution in [0.4, 0.5) is 13.2 Å². The van der Waals surface area contributed by atoms with E-state index in [-0.39, 0.29) is 30.3 Å². The van der Waals surface area contributed by atoms with Crippen LogP contribution in [0.2, 0.25) is 0 Å². The van der Waals surface area contributed by atoms with Gasteiger partial charge < -0.3 is 9.47 Å². The molecule has 0 amide bonds. The third-order valence-corrected chi connectivity index (χ3v) is 4.34. The van der Waals surface area contributed by atoms with E-state index < -0.39 is 11.6 Å². The van der Waals surface area contributed by atoms with Crippen molar-refractivity contribution in [3.05, 3.63) is 89.3 Å². The van der Waals surface area contributed by atoms with Gasteiger partial charge in [0.2, 0.25) is 5.82 Å². The van der Waals surface area contributed by atoms with Gasteiger partial charge in [-0.15, -0.1) is 0 Å². The number of halogens is 3. The molecule has 3 rings (SSSR count). The lowest BCUT2D eigenvalue weighted by atomic mass is 10.0.